The van der Waals surface area contributed by atoms with Crippen LogP contribution in [0.15, 0.2) is 30.7 Å². The van der Waals surface area contributed by atoms with Crippen LogP contribution in [0.5, 0.6) is 0 Å². The molecule has 3 rings (SSSR count). The van der Waals surface area contributed by atoms with Gasteiger partial charge in [-0.05, 0) is 19.1 Å². The minimum absolute atomic E-state index is 0.0837. The number of nitrogen functional groups attached to an aromatic ring is 1. The number of imidazole rings is 1. The number of rotatable bonds is 5. The summed E-state index contributed by atoms with van der Waals surface area (Å²) in [6.07, 6.45) is 4.15. The molecular weight excluding hydrogens is 315 g/mol. The van der Waals surface area contributed by atoms with Gasteiger partial charge in [0.25, 0.3) is 0 Å². The fourth-order valence-corrected chi connectivity index (χ4v) is 2.30. The Labute approximate surface area is 136 Å². The monoisotopic (exact) mass is 330 g/mol. The summed E-state index contributed by atoms with van der Waals surface area (Å²) >= 11 is 0. The van der Waals surface area contributed by atoms with E-state index in [2.05, 4.69) is 20.3 Å². The summed E-state index contributed by atoms with van der Waals surface area (Å²) in [7, 11) is 0. The van der Waals surface area contributed by atoms with E-state index in [0.29, 0.717) is 23.0 Å². The van der Waals surface area contributed by atoms with E-state index < -0.39 is 11.8 Å². The molecule has 1 unspecified atom stereocenters. The number of carbonyl (C=O) groups is 1. The highest BCUT2D eigenvalue weighted by molar-refractivity contribution is 5.70. The third-order valence-electron chi connectivity index (χ3n) is 3.38. The number of nitrogens with one attached hydrogen (secondary N) is 1. The first-order valence-electron chi connectivity index (χ1n) is 7.18. The van der Waals surface area contributed by atoms with Gasteiger partial charge >= 0.3 is 5.97 Å². The van der Waals surface area contributed by atoms with Crippen LogP contribution < -0.4 is 11.1 Å². The summed E-state index contributed by atoms with van der Waals surface area (Å²) in [4.78, 5) is 23.4. The van der Waals surface area contributed by atoms with Crippen LogP contribution in [0.4, 0.5) is 15.9 Å². The van der Waals surface area contributed by atoms with Crippen molar-refractivity contribution in [3.05, 3.63) is 36.5 Å². The quantitative estimate of drug-likeness (QED) is 0.652. The Bertz CT molecular complexity index is 910. The summed E-state index contributed by atoms with van der Waals surface area (Å²) in [6, 6.07) is 2.49. The van der Waals surface area contributed by atoms with Crippen LogP contribution in [-0.4, -0.2) is 36.5 Å². The molecule has 0 fully saturated rings. The van der Waals surface area contributed by atoms with Gasteiger partial charge in [0.2, 0.25) is 0 Å². The van der Waals surface area contributed by atoms with Gasteiger partial charge in [-0.2, -0.15) is 0 Å². The molecule has 3 aromatic heterocycles. The summed E-state index contributed by atoms with van der Waals surface area (Å²) in [5.74, 6) is -0.724. The van der Waals surface area contributed by atoms with Gasteiger partial charge < -0.3 is 16.2 Å². The van der Waals surface area contributed by atoms with Gasteiger partial charge in [-0.3, -0.25) is 9.20 Å². The fourth-order valence-electron chi connectivity index (χ4n) is 2.30. The number of nitrogens with two attached hydrogens (primary N) is 1. The van der Waals surface area contributed by atoms with Crippen LogP contribution in [0, 0.1) is 5.82 Å². The fraction of sp³-hybridized carbons (Fsp3) is 0.200. The van der Waals surface area contributed by atoms with Gasteiger partial charge in [-0.15, -0.1) is 0 Å². The van der Waals surface area contributed by atoms with Crippen molar-refractivity contribution in [2.45, 2.75) is 19.4 Å². The predicted octanol–water partition coefficient (Wildman–Crippen LogP) is 1.79. The average molecular weight is 330 g/mol. The Morgan fingerprint density at radius 2 is 2.21 bits per heavy atom. The minimum Gasteiger partial charge on any atom is -0.481 e. The van der Waals surface area contributed by atoms with Crippen LogP contribution in [0.3, 0.4) is 0 Å². The van der Waals surface area contributed by atoms with E-state index in [1.807, 2.05) is 0 Å². The molecule has 0 saturated carbocycles. The molecule has 0 spiro atoms. The lowest BCUT2D eigenvalue weighted by Crippen LogP contribution is -2.21. The SMILES string of the molecule is CC(CC(=O)O)Nc1nc(-c2cnc3ccc(F)cn23)ncc1N. The third kappa shape index (κ3) is 3.09. The van der Waals surface area contributed by atoms with Crippen molar-refractivity contribution in [1.29, 1.82) is 0 Å². The number of hydrogen-bond donors (Lipinski definition) is 3. The Balaban J connectivity index is 1.98. The highest BCUT2D eigenvalue weighted by atomic mass is 19.1. The zero-order valence-corrected chi connectivity index (χ0v) is 12.8. The first-order chi connectivity index (χ1) is 11.4. The molecule has 9 heteroatoms. The Morgan fingerprint density at radius 1 is 1.42 bits per heavy atom. The van der Waals surface area contributed by atoms with E-state index in [4.69, 9.17) is 10.8 Å². The number of hydrogen-bond acceptors (Lipinski definition) is 6. The van der Waals surface area contributed by atoms with Gasteiger partial charge in [-0.1, -0.05) is 0 Å². The molecule has 0 aliphatic carbocycles. The van der Waals surface area contributed by atoms with Crippen LogP contribution in [-0.2, 0) is 4.79 Å². The van der Waals surface area contributed by atoms with E-state index >= 15 is 0 Å². The van der Waals surface area contributed by atoms with Crippen LogP contribution in [0.2, 0.25) is 0 Å². The third-order valence-corrected chi connectivity index (χ3v) is 3.38. The van der Waals surface area contributed by atoms with Crippen LogP contribution in [0.1, 0.15) is 13.3 Å². The molecule has 0 amide bonds. The largest absolute Gasteiger partial charge is 0.481 e. The number of aromatic nitrogens is 4. The standard InChI is InChI=1S/C15H15FN6O2/c1-8(4-13(23)24)20-14-10(17)5-19-15(21-14)11-6-18-12-3-2-9(16)7-22(11)12/h2-3,5-8H,4,17H2,1H3,(H,23,24)(H,19,20,21). The lowest BCUT2D eigenvalue weighted by atomic mass is 10.2. The summed E-state index contributed by atoms with van der Waals surface area (Å²) in [5.41, 5.74) is 7.18. The first kappa shape index (κ1) is 15.7. The van der Waals surface area contributed by atoms with Crippen molar-refractivity contribution in [2.24, 2.45) is 0 Å². The second kappa shape index (κ2) is 6.11. The molecule has 124 valence electrons. The molecule has 0 aliphatic heterocycles. The Kier molecular flexibility index (Phi) is 3.98. The molecule has 8 nitrogen and oxygen atoms in total. The van der Waals surface area contributed by atoms with Crippen LogP contribution >= 0.6 is 0 Å². The van der Waals surface area contributed by atoms with E-state index in [1.165, 1.54) is 29.1 Å². The van der Waals surface area contributed by atoms with Gasteiger partial charge in [0.1, 0.15) is 17.2 Å². The number of carboxylic acid groups (broad SMARTS) is 1. The van der Waals surface area contributed by atoms with Crippen molar-refractivity contribution in [2.75, 3.05) is 11.1 Å². The lowest BCUT2D eigenvalue weighted by molar-refractivity contribution is -0.137. The molecule has 0 radical (unpaired) electrons. The summed E-state index contributed by atoms with van der Waals surface area (Å²) in [5, 5.41) is 11.8. The van der Waals surface area contributed by atoms with Gasteiger partial charge in [0, 0.05) is 12.2 Å². The molecule has 0 bridgehead atoms. The van der Waals surface area contributed by atoms with Crippen molar-refractivity contribution in [3.8, 4) is 11.5 Å². The minimum atomic E-state index is -0.930. The molecule has 0 saturated heterocycles. The van der Waals surface area contributed by atoms with E-state index in [-0.39, 0.29) is 18.2 Å². The number of aliphatic carboxylic acids is 1. The van der Waals surface area contributed by atoms with Gasteiger partial charge in [-0.25, -0.2) is 19.3 Å². The van der Waals surface area contributed by atoms with E-state index in [1.54, 1.807) is 13.0 Å². The van der Waals surface area contributed by atoms with Crippen LogP contribution in [0.25, 0.3) is 17.2 Å². The van der Waals surface area contributed by atoms with Gasteiger partial charge in [0.15, 0.2) is 11.6 Å². The molecule has 4 N–H and O–H groups in total. The summed E-state index contributed by atoms with van der Waals surface area (Å²) < 4.78 is 15.0. The van der Waals surface area contributed by atoms with Crippen molar-refractivity contribution < 1.29 is 14.3 Å². The topological polar surface area (TPSA) is 118 Å². The number of halogens is 1. The number of carboxylic acids is 1. The van der Waals surface area contributed by atoms with E-state index in [0.717, 1.165) is 0 Å². The Hall–Kier alpha value is -3.23. The van der Waals surface area contributed by atoms with Gasteiger partial charge in [0.05, 0.1) is 24.5 Å². The van der Waals surface area contributed by atoms with Crippen molar-refractivity contribution in [1.82, 2.24) is 19.4 Å². The molecule has 0 aliphatic rings. The molecule has 3 aromatic rings. The number of nitrogens with zero attached hydrogens (tertiary/aromatic N) is 4. The number of pyridine rings is 1. The van der Waals surface area contributed by atoms with Crippen molar-refractivity contribution >= 4 is 23.1 Å². The first-order valence-corrected chi connectivity index (χ1v) is 7.18. The predicted molar refractivity (Wildman–Crippen MR) is 85.9 cm³/mol. The second-order valence-corrected chi connectivity index (χ2v) is 5.36. The Morgan fingerprint density at radius 3 is 2.96 bits per heavy atom. The molecular formula is C15H15FN6O2. The molecule has 0 aromatic carbocycles. The normalized spacial score (nSPS) is 12.2. The molecule has 1 atom stereocenters. The lowest BCUT2D eigenvalue weighted by Gasteiger charge is -2.14. The van der Waals surface area contributed by atoms with Crippen molar-refractivity contribution in [3.63, 3.8) is 0 Å². The second-order valence-electron chi connectivity index (χ2n) is 5.36. The highest BCUT2D eigenvalue weighted by Gasteiger charge is 2.14. The maximum absolute atomic E-state index is 13.5. The van der Waals surface area contributed by atoms with E-state index in [9.17, 15) is 9.18 Å². The average Bonchev–Trinajstić information content (AvgIpc) is 2.91. The zero-order chi connectivity index (χ0) is 17.3. The maximum atomic E-state index is 13.5. The molecule has 3 heterocycles. The zero-order valence-electron chi connectivity index (χ0n) is 12.8. The number of fused-ring (bicyclic) bond motifs is 1. The maximum Gasteiger partial charge on any atom is 0.305 e. The smallest absolute Gasteiger partial charge is 0.305 e. The number of anilines is 2. The molecule has 24 heavy (non-hydrogen) atoms. The highest BCUT2D eigenvalue weighted by Crippen LogP contribution is 2.22. The summed E-state index contributed by atoms with van der Waals surface area (Å²) in [6.45, 7) is 1.71.